The smallest absolute Gasteiger partial charge is 0.323 e. The summed E-state index contributed by atoms with van der Waals surface area (Å²) in [5.74, 6) is 0.110. The maximum Gasteiger partial charge on any atom is 0.325 e. The Morgan fingerprint density at radius 3 is 2.50 bits per heavy atom. The van der Waals surface area contributed by atoms with E-state index in [1.54, 1.807) is 4.90 Å². The first kappa shape index (κ1) is 20.4. The second-order valence-electron chi connectivity index (χ2n) is 8.39. The number of carbonyl (C=O) groups is 3. The number of imide groups is 1. The molecule has 4 rings (SSSR count). The van der Waals surface area contributed by atoms with Crippen LogP contribution in [0.25, 0.3) is 10.8 Å². The summed E-state index contributed by atoms with van der Waals surface area (Å²) in [4.78, 5) is 41.7. The van der Waals surface area contributed by atoms with Crippen molar-refractivity contribution < 1.29 is 14.4 Å². The minimum atomic E-state index is -0.820. The van der Waals surface area contributed by atoms with Gasteiger partial charge >= 0.3 is 6.03 Å². The lowest BCUT2D eigenvalue weighted by Crippen LogP contribution is -2.50. The summed E-state index contributed by atoms with van der Waals surface area (Å²) in [5.41, 5.74) is -0.0229. The summed E-state index contributed by atoms with van der Waals surface area (Å²) in [6.07, 6.45) is 4.27. The SMILES string of the molecule is CCC1CCC2(CC1)NC(=O)N(CC(=O)N(CC)c1cccc3ccccc13)C2=O. The fourth-order valence-electron chi connectivity index (χ4n) is 4.88. The highest BCUT2D eigenvalue weighted by molar-refractivity contribution is 6.11. The summed E-state index contributed by atoms with van der Waals surface area (Å²) in [6, 6.07) is 13.3. The van der Waals surface area contributed by atoms with Crippen LogP contribution in [0.1, 0.15) is 46.0 Å². The van der Waals surface area contributed by atoms with Crippen LogP contribution in [0, 0.1) is 5.92 Å². The standard InChI is InChI=1S/C24H29N3O3/c1-3-17-12-14-24(15-13-17)22(29)27(23(30)25-24)16-21(28)26(4-2)20-11-7-9-18-8-5-6-10-19(18)20/h5-11,17H,3-4,12-16H2,1-2H3,(H,25,30). The van der Waals surface area contributed by atoms with Crippen molar-refractivity contribution in [3.05, 3.63) is 42.5 Å². The van der Waals surface area contributed by atoms with E-state index in [0.717, 1.165) is 40.6 Å². The molecule has 1 aliphatic heterocycles. The van der Waals surface area contributed by atoms with E-state index in [0.29, 0.717) is 25.3 Å². The molecule has 2 aromatic rings. The van der Waals surface area contributed by atoms with Gasteiger partial charge in [0.25, 0.3) is 5.91 Å². The second-order valence-corrected chi connectivity index (χ2v) is 8.39. The summed E-state index contributed by atoms with van der Waals surface area (Å²) in [5, 5.41) is 4.93. The molecule has 2 fully saturated rings. The highest BCUT2D eigenvalue weighted by atomic mass is 16.2. The fraction of sp³-hybridized carbons (Fsp3) is 0.458. The summed E-state index contributed by atoms with van der Waals surface area (Å²) in [6.45, 7) is 4.29. The third-order valence-electron chi connectivity index (χ3n) is 6.75. The van der Waals surface area contributed by atoms with Crippen molar-refractivity contribution >= 4 is 34.3 Å². The van der Waals surface area contributed by atoms with E-state index >= 15 is 0 Å². The Kier molecular flexibility index (Phi) is 5.50. The van der Waals surface area contributed by atoms with Gasteiger partial charge < -0.3 is 10.2 Å². The van der Waals surface area contributed by atoms with Gasteiger partial charge in [0.05, 0.1) is 5.69 Å². The van der Waals surface area contributed by atoms with Gasteiger partial charge in [0.15, 0.2) is 0 Å². The van der Waals surface area contributed by atoms with E-state index in [-0.39, 0.29) is 18.4 Å². The molecule has 30 heavy (non-hydrogen) atoms. The zero-order valence-electron chi connectivity index (χ0n) is 17.7. The van der Waals surface area contributed by atoms with Gasteiger partial charge in [0, 0.05) is 11.9 Å². The zero-order chi connectivity index (χ0) is 21.3. The quantitative estimate of drug-likeness (QED) is 0.759. The van der Waals surface area contributed by atoms with Crippen molar-refractivity contribution in [1.29, 1.82) is 0 Å². The van der Waals surface area contributed by atoms with E-state index in [2.05, 4.69) is 12.2 Å². The topological polar surface area (TPSA) is 69.7 Å². The summed E-state index contributed by atoms with van der Waals surface area (Å²) >= 11 is 0. The number of benzene rings is 2. The number of hydrogen-bond acceptors (Lipinski definition) is 3. The maximum atomic E-state index is 13.2. The summed E-state index contributed by atoms with van der Waals surface area (Å²) in [7, 11) is 0. The third kappa shape index (κ3) is 3.44. The number of anilines is 1. The number of hydrogen-bond donors (Lipinski definition) is 1. The fourth-order valence-corrected chi connectivity index (χ4v) is 4.88. The van der Waals surface area contributed by atoms with Crippen LogP contribution in [0.3, 0.4) is 0 Å². The van der Waals surface area contributed by atoms with Crippen LogP contribution >= 0.6 is 0 Å². The first-order valence-corrected chi connectivity index (χ1v) is 10.9. The molecule has 2 aromatic carbocycles. The predicted molar refractivity (Wildman–Crippen MR) is 117 cm³/mol. The van der Waals surface area contributed by atoms with Crippen molar-refractivity contribution in [2.24, 2.45) is 5.92 Å². The lowest BCUT2D eigenvalue weighted by molar-refractivity contribution is -0.135. The predicted octanol–water partition coefficient (Wildman–Crippen LogP) is 4.08. The Morgan fingerprint density at radius 1 is 1.10 bits per heavy atom. The molecule has 0 bridgehead atoms. The normalized spacial score (nSPS) is 23.8. The third-order valence-corrected chi connectivity index (χ3v) is 6.75. The molecule has 0 unspecified atom stereocenters. The monoisotopic (exact) mass is 407 g/mol. The number of nitrogens with zero attached hydrogens (tertiary/aromatic N) is 2. The first-order chi connectivity index (χ1) is 14.5. The van der Waals surface area contributed by atoms with Gasteiger partial charge in [-0.25, -0.2) is 4.79 Å². The molecule has 6 nitrogen and oxygen atoms in total. The largest absolute Gasteiger partial charge is 0.325 e. The van der Waals surface area contributed by atoms with Crippen LogP contribution in [-0.2, 0) is 9.59 Å². The molecule has 1 N–H and O–H groups in total. The number of likely N-dealkylation sites (N-methyl/N-ethyl adjacent to an activating group) is 1. The molecule has 0 aromatic heterocycles. The maximum absolute atomic E-state index is 13.2. The highest BCUT2D eigenvalue weighted by Crippen LogP contribution is 2.37. The first-order valence-electron chi connectivity index (χ1n) is 10.9. The molecule has 2 aliphatic rings. The number of nitrogens with one attached hydrogen (secondary N) is 1. The molecule has 4 amide bonds. The van der Waals surface area contributed by atoms with E-state index in [1.807, 2.05) is 49.4 Å². The van der Waals surface area contributed by atoms with E-state index < -0.39 is 11.6 Å². The van der Waals surface area contributed by atoms with Crippen molar-refractivity contribution in [2.45, 2.75) is 51.5 Å². The average Bonchev–Trinajstić information content (AvgIpc) is 2.99. The highest BCUT2D eigenvalue weighted by Gasteiger charge is 2.52. The van der Waals surface area contributed by atoms with Gasteiger partial charge in [-0.1, -0.05) is 49.7 Å². The van der Waals surface area contributed by atoms with E-state index in [9.17, 15) is 14.4 Å². The average molecular weight is 408 g/mol. The van der Waals surface area contributed by atoms with Gasteiger partial charge in [-0.3, -0.25) is 14.5 Å². The summed E-state index contributed by atoms with van der Waals surface area (Å²) < 4.78 is 0. The van der Waals surface area contributed by atoms with Gasteiger partial charge in [-0.05, 0) is 50.0 Å². The van der Waals surface area contributed by atoms with Crippen LogP contribution in [0.15, 0.2) is 42.5 Å². The number of carbonyl (C=O) groups excluding carboxylic acids is 3. The molecule has 6 heteroatoms. The molecular weight excluding hydrogens is 378 g/mol. The lowest BCUT2D eigenvalue weighted by atomic mass is 9.75. The Labute approximate surface area is 177 Å². The molecule has 1 aliphatic carbocycles. The molecule has 1 saturated heterocycles. The zero-order valence-corrected chi connectivity index (χ0v) is 17.7. The van der Waals surface area contributed by atoms with E-state index in [4.69, 9.17) is 0 Å². The van der Waals surface area contributed by atoms with Crippen molar-refractivity contribution in [2.75, 3.05) is 18.0 Å². The Hall–Kier alpha value is -2.89. The van der Waals surface area contributed by atoms with Crippen LogP contribution < -0.4 is 10.2 Å². The van der Waals surface area contributed by atoms with Crippen LogP contribution in [0.2, 0.25) is 0 Å². The van der Waals surface area contributed by atoms with Crippen molar-refractivity contribution in [3.63, 3.8) is 0 Å². The molecule has 1 heterocycles. The minimum absolute atomic E-state index is 0.235. The van der Waals surface area contributed by atoms with Crippen molar-refractivity contribution in [1.82, 2.24) is 10.2 Å². The number of amides is 4. The number of urea groups is 1. The van der Waals surface area contributed by atoms with Gasteiger partial charge in [0.1, 0.15) is 12.1 Å². The molecule has 158 valence electrons. The lowest BCUT2D eigenvalue weighted by Gasteiger charge is -2.34. The van der Waals surface area contributed by atoms with E-state index in [1.165, 1.54) is 0 Å². The Morgan fingerprint density at radius 2 is 1.80 bits per heavy atom. The molecule has 1 saturated carbocycles. The second kappa shape index (κ2) is 8.09. The van der Waals surface area contributed by atoms with Gasteiger partial charge in [-0.2, -0.15) is 0 Å². The van der Waals surface area contributed by atoms with Gasteiger partial charge in [0.2, 0.25) is 5.91 Å². The van der Waals surface area contributed by atoms with Crippen LogP contribution in [0.5, 0.6) is 0 Å². The van der Waals surface area contributed by atoms with Crippen LogP contribution in [-0.4, -0.2) is 41.4 Å². The minimum Gasteiger partial charge on any atom is -0.323 e. The molecule has 1 spiro atoms. The number of fused-ring (bicyclic) bond motifs is 1. The Balaban J connectivity index is 1.54. The van der Waals surface area contributed by atoms with Gasteiger partial charge in [-0.15, -0.1) is 0 Å². The molecule has 0 atom stereocenters. The van der Waals surface area contributed by atoms with Crippen LogP contribution in [0.4, 0.5) is 10.5 Å². The molecule has 0 radical (unpaired) electrons. The Bertz CT molecular complexity index is 973. The van der Waals surface area contributed by atoms with Crippen molar-refractivity contribution in [3.8, 4) is 0 Å². The molecular formula is C24H29N3O3. The number of rotatable bonds is 5.